The number of H-pyrrole nitrogens is 1. The van der Waals surface area contributed by atoms with Gasteiger partial charge in [0.2, 0.25) is 11.9 Å². The van der Waals surface area contributed by atoms with Crippen molar-refractivity contribution in [3.63, 3.8) is 0 Å². The van der Waals surface area contributed by atoms with Crippen LogP contribution < -0.4 is 5.32 Å². The summed E-state index contributed by atoms with van der Waals surface area (Å²) < 4.78 is 1.74. The minimum atomic E-state index is 0.161. The van der Waals surface area contributed by atoms with Gasteiger partial charge < -0.3 is 15.2 Å². The highest BCUT2D eigenvalue weighted by molar-refractivity contribution is 5.93. The number of likely N-dealkylation sites (tertiary alicyclic amines) is 1. The Hall–Kier alpha value is -3.49. The van der Waals surface area contributed by atoms with Crippen LogP contribution in [0.15, 0.2) is 37.1 Å². The average Bonchev–Trinajstić information content (AvgIpc) is 3.30. The molecule has 9 heteroatoms. The Morgan fingerprint density at radius 1 is 1.30 bits per heavy atom. The van der Waals surface area contributed by atoms with Gasteiger partial charge in [0.15, 0.2) is 5.65 Å². The van der Waals surface area contributed by atoms with Crippen molar-refractivity contribution in [1.29, 1.82) is 0 Å². The fourth-order valence-corrected chi connectivity index (χ4v) is 3.50. The van der Waals surface area contributed by atoms with E-state index in [1.807, 2.05) is 37.8 Å². The number of aromatic amines is 1. The molecule has 0 saturated carbocycles. The first-order valence-corrected chi connectivity index (χ1v) is 8.82. The van der Waals surface area contributed by atoms with E-state index in [1.54, 1.807) is 9.42 Å². The molecule has 1 aliphatic heterocycles. The maximum atomic E-state index is 11.6. The average molecular weight is 362 g/mol. The van der Waals surface area contributed by atoms with Gasteiger partial charge in [-0.3, -0.25) is 4.79 Å². The fraction of sp³-hybridized carbons (Fsp3) is 0.278. The van der Waals surface area contributed by atoms with E-state index in [0.717, 1.165) is 34.2 Å². The number of carbonyl (C=O) groups excluding carboxylic acids is 1. The van der Waals surface area contributed by atoms with Gasteiger partial charge in [0.25, 0.3) is 0 Å². The second-order valence-electron chi connectivity index (χ2n) is 6.79. The van der Waals surface area contributed by atoms with Crippen LogP contribution in [-0.2, 0) is 4.79 Å². The highest BCUT2D eigenvalue weighted by atomic mass is 16.2. The molecule has 0 aliphatic carbocycles. The van der Waals surface area contributed by atoms with Gasteiger partial charge in [-0.25, -0.2) is 14.5 Å². The number of hydrogen-bond acceptors (Lipinski definition) is 6. The lowest BCUT2D eigenvalue weighted by molar-refractivity contribution is -0.132. The van der Waals surface area contributed by atoms with E-state index in [2.05, 4.69) is 30.4 Å². The lowest BCUT2D eigenvalue weighted by Crippen LogP contribution is -2.43. The van der Waals surface area contributed by atoms with Gasteiger partial charge in [-0.05, 0) is 18.6 Å². The zero-order chi connectivity index (χ0) is 18.4. The third-order valence-electron chi connectivity index (χ3n) is 4.98. The molecule has 1 saturated heterocycles. The van der Waals surface area contributed by atoms with E-state index < -0.39 is 0 Å². The number of nitrogens with one attached hydrogen (secondary N) is 2. The first kappa shape index (κ1) is 15.7. The van der Waals surface area contributed by atoms with Crippen molar-refractivity contribution in [3.8, 4) is 11.1 Å². The molecule has 1 amide bonds. The molecular weight excluding hydrogens is 344 g/mol. The number of carbonyl (C=O) groups is 1. The van der Waals surface area contributed by atoms with Crippen LogP contribution in [0.4, 0.5) is 5.95 Å². The molecule has 2 N–H and O–H groups in total. The summed E-state index contributed by atoms with van der Waals surface area (Å²) in [6.45, 7) is 0.661. The Labute approximate surface area is 154 Å². The standard InChI is InChI=1S/C18H18N8O/c1-25-9-12(3-5-16(25)27)23-18-20-7-14-13(6-19-17(14)24-18)11-2-4-15-21-10-22-26(15)8-11/h2,4,6-8,10,12H,3,5,9H2,1H3,(H2,19,20,23,24)/t12-/m0/s1. The molecule has 1 fully saturated rings. The molecule has 27 heavy (non-hydrogen) atoms. The molecule has 9 nitrogen and oxygen atoms in total. The number of likely N-dealkylation sites (N-methyl/N-ethyl adjacent to an activating group) is 1. The molecule has 4 aromatic rings. The molecule has 1 atom stereocenters. The number of piperidine rings is 1. The first-order valence-electron chi connectivity index (χ1n) is 8.82. The Bertz CT molecular complexity index is 1150. The highest BCUT2D eigenvalue weighted by Crippen LogP contribution is 2.28. The zero-order valence-electron chi connectivity index (χ0n) is 14.8. The van der Waals surface area contributed by atoms with Crippen LogP contribution in [-0.4, -0.2) is 60.0 Å². The van der Waals surface area contributed by atoms with Crippen LogP contribution in [0.2, 0.25) is 0 Å². The summed E-state index contributed by atoms with van der Waals surface area (Å²) in [4.78, 5) is 29.8. The predicted octanol–water partition coefficient (Wildman–Crippen LogP) is 1.70. The van der Waals surface area contributed by atoms with Crippen molar-refractivity contribution < 1.29 is 4.79 Å². The molecule has 5 heterocycles. The van der Waals surface area contributed by atoms with E-state index in [4.69, 9.17) is 0 Å². The van der Waals surface area contributed by atoms with Crippen molar-refractivity contribution in [2.24, 2.45) is 0 Å². The summed E-state index contributed by atoms with van der Waals surface area (Å²) in [6.07, 6.45) is 8.55. The molecule has 0 spiro atoms. The van der Waals surface area contributed by atoms with Crippen LogP contribution in [0.25, 0.3) is 27.8 Å². The number of hydrogen-bond donors (Lipinski definition) is 2. The van der Waals surface area contributed by atoms with Gasteiger partial charge >= 0.3 is 0 Å². The van der Waals surface area contributed by atoms with E-state index >= 15 is 0 Å². The summed E-state index contributed by atoms with van der Waals surface area (Å²) in [5.74, 6) is 0.748. The monoisotopic (exact) mass is 362 g/mol. The number of anilines is 1. The third kappa shape index (κ3) is 2.77. The summed E-state index contributed by atoms with van der Waals surface area (Å²) in [5.41, 5.74) is 3.59. The smallest absolute Gasteiger partial charge is 0.224 e. The minimum Gasteiger partial charge on any atom is -0.350 e. The molecule has 0 unspecified atom stereocenters. The van der Waals surface area contributed by atoms with Crippen LogP contribution in [0.3, 0.4) is 0 Å². The maximum Gasteiger partial charge on any atom is 0.224 e. The molecule has 0 radical (unpaired) electrons. The number of amides is 1. The number of pyridine rings is 1. The molecule has 0 aromatic carbocycles. The SMILES string of the molecule is CN1C[C@@H](Nc2ncc3c(-c4ccc5ncnn5c4)c[nH]c3n2)CCC1=O. The number of nitrogens with zero attached hydrogens (tertiary/aromatic N) is 6. The van der Waals surface area contributed by atoms with Crippen molar-refractivity contribution in [2.75, 3.05) is 18.9 Å². The van der Waals surface area contributed by atoms with E-state index in [-0.39, 0.29) is 11.9 Å². The Balaban J connectivity index is 1.43. The van der Waals surface area contributed by atoms with Gasteiger partial charge in [0.1, 0.15) is 12.0 Å². The van der Waals surface area contributed by atoms with Crippen LogP contribution in [0.5, 0.6) is 0 Å². The maximum absolute atomic E-state index is 11.6. The van der Waals surface area contributed by atoms with Crippen molar-refractivity contribution in [2.45, 2.75) is 18.9 Å². The number of fused-ring (bicyclic) bond motifs is 2. The predicted molar refractivity (Wildman–Crippen MR) is 100 cm³/mol. The molecule has 5 rings (SSSR count). The van der Waals surface area contributed by atoms with Crippen LogP contribution in [0, 0.1) is 0 Å². The molecule has 4 aromatic heterocycles. The molecule has 0 bridgehead atoms. The van der Waals surface area contributed by atoms with Gasteiger partial charge in [0.05, 0.1) is 0 Å². The fourth-order valence-electron chi connectivity index (χ4n) is 3.50. The largest absolute Gasteiger partial charge is 0.350 e. The Morgan fingerprint density at radius 3 is 3.11 bits per heavy atom. The quantitative estimate of drug-likeness (QED) is 0.575. The van der Waals surface area contributed by atoms with Gasteiger partial charge in [0, 0.05) is 61.2 Å². The summed E-state index contributed by atoms with van der Waals surface area (Å²) in [6, 6.07) is 4.10. The van der Waals surface area contributed by atoms with Gasteiger partial charge in [-0.15, -0.1) is 0 Å². The summed E-state index contributed by atoms with van der Waals surface area (Å²) in [7, 11) is 1.82. The van der Waals surface area contributed by atoms with Gasteiger partial charge in [-0.1, -0.05) is 0 Å². The summed E-state index contributed by atoms with van der Waals surface area (Å²) >= 11 is 0. The molecule has 136 valence electrons. The second-order valence-corrected chi connectivity index (χ2v) is 6.79. The Morgan fingerprint density at radius 2 is 2.22 bits per heavy atom. The second kappa shape index (κ2) is 6.04. The highest BCUT2D eigenvalue weighted by Gasteiger charge is 2.23. The Kier molecular flexibility index (Phi) is 3.52. The van der Waals surface area contributed by atoms with Crippen LogP contribution in [0.1, 0.15) is 12.8 Å². The lowest BCUT2D eigenvalue weighted by atomic mass is 10.1. The van der Waals surface area contributed by atoms with E-state index in [0.29, 0.717) is 18.9 Å². The third-order valence-corrected chi connectivity index (χ3v) is 4.98. The molecular formula is C18H18N8O. The topological polar surface area (TPSA) is 104 Å². The normalized spacial score (nSPS) is 17.7. The van der Waals surface area contributed by atoms with Crippen LogP contribution >= 0.6 is 0 Å². The summed E-state index contributed by atoms with van der Waals surface area (Å²) in [5, 5.41) is 8.46. The minimum absolute atomic E-state index is 0.161. The zero-order valence-corrected chi connectivity index (χ0v) is 14.8. The molecule has 1 aliphatic rings. The van der Waals surface area contributed by atoms with E-state index in [9.17, 15) is 4.79 Å². The van der Waals surface area contributed by atoms with Crippen molar-refractivity contribution in [3.05, 3.63) is 37.1 Å². The van der Waals surface area contributed by atoms with Crippen molar-refractivity contribution >= 4 is 28.5 Å². The van der Waals surface area contributed by atoms with Crippen molar-refractivity contribution in [1.82, 2.24) is 34.4 Å². The first-order chi connectivity index (χ1) is 13.2. The number of rotatable bonds is 3. The van der Waals surface area contributed by atoms with Gasteiger partial charge in [-0.2, -0.15) is 10.1 Å². The lowest BCUT2D eigenvalue weighted by Gasteiger charge is -2.30. The number of aromatic nitrogens is 6. The van der Waals surface area contributed by atoms with E-state index in [1.165, 1.54) is 6.33 Å².